The summed E-state index contributed by atoms with van der Waals surface area (Å²) in [5.41, 5.74) is 10.8. The molecule has 4 heteroatoms. The Morgan fingerprint density at radius 3 is 2.28 bits per heavy atom. The highest BCUT2D eigenvalue weighted by molar-refractivity contribution is 5.95. The third kappa shape index (κ3) is 4.56. The van der Waals surface area contributed by atoms with E-state index in [0.717, 1.165) is 35.5 Å². The maximum absolute atomic E-state index is 3.89. The van der Waals surface area contributed by atoms with Gasteiger partial charge in [-0.1, -0.05) is 91.0 Å². The van der Waals surface area contributed by atoms with E-state index in [2.05, 4.69) is 155 Å². The summed E-state index contributed by atoms with van der Waals surface area (Å²) >= 11 is 0. The fourth-order valence-electron chi connectivity index (χ4n) is 6.65. The Hall–Kier alpha value is -5.22. The molecule has 2 heterocycles. The van der Waals surface area contributed by atoms with Gasteiger partial charge >= 0.3 is 0 Å². The quantitative estimate of drug-likeness (QED) is 0.198. The molecular formula is C39H34N4. The number of rotatable bonds is 5. The number of nitrogens with one attached hydrogen (secondary N) is 3. The van der Waals surface area contributed by atoms with Crippen LogP contribution in [0.1, 0.15) is 35.7 Å². The van der Waals surface area contributed by atoms with Gasteiger partial charge in [-0.2, -0.15) is 0 Å². The largest absolute Gasteiger partial charge is 0.376 e. The fourth-order valence-corrected chi connectivity index (χ4v) is 6.65. The van der Waals surface area contributed by atoms with Crippen LogP contribution in [0.3, 0.4) is 0 Å². The predicted molar refractivity (Wildman–Crippen MR) is 181 cm³/mol. The van der Waals surface area contributed by atoms with Crippen molar-refractivity contribution in [1.82, 2.24) is 15.2 Å². The molecule has 2 atom stereocenters. The maximum atomic E-state index is 3.89. The fraction of sp³-hybridized carbons (Fsp3) is 0.128. The van der Waals surface area contributed by atoms with E-state index in [9.17, 15) is 0 Å². The summed E-state index contributed by atoms with van der Waals surface area (Å²) in [4.78, 5) is 0. The van der Waals surface area contributed by atoms with Crippen molar-refractivity contribution in [2.24, 2.45) is 0 Å². The van der Waals surface area contributed by atoms with E-state index in [1.807, 2.05) is 6.07 Å². The Labute approximate surface area is 252 Å². The number of fused-ring (bicyclic) bond motifs is 4. The predicted octanol–water partition coefficient (Wildman–Crippen LogP) is 8.59. The Kier molecular flexibility index (Phi) is 6.26. The van der Waals surface area contributed by atoms with E-state index in [1.54, 1.807) is 0 Å². The van der Waals surface area contributed by atoms with Crippen molar-refractivity contribution in [3.63, 3.8) is 0 Å². The molecule has 5 aromatic carbocycles. The number of hydrogen-bond acceptors (Lipinski definition) is 3. The average molecular weight is 559 g/mol. The second-order valence-corrected chi connectivity index (χ2v) is 11.6. The normalized spacial score (nSPS) is 17.9. The molecule has 8 rings (SSSR count). The minimum atomic E-state index is 0.00633. The molecule has 0 saturated carbocycles. The lowest BCUT2D eigenvalue weighted by Gasteiger charge is -2.37. The first kappa shape index (κ1) is 25.5. The standard InChI is InChI=1S/C39H34N4/c1-26-39(41-31-13-3-2-4-14-31)42-37(38(40-26)30-20-19-27-11-5-6-12-29(27)25-30)28-21-23-32(24-22-28)43-35-17-9-7-15-33(35)34-16-8-10-18-36(34)43/h2-7,9-15,17-26,39-42H,8,16H2,1H3. The van der Waals surface area contributed by atoms with Gasteiger partial charge in [-0.05, 0) is 84.1 Å². The van der Waals surface area contributed by atoms with Crippen LogP contribution in [0.2, 0.25) is 0 Å². The molecule has 0 saturated heterocycles. The van der Waals surface area contributed by atoms with Crippen molar-refractivity contribution in [1.29, 1.82) is 0 Å². The first-order chi connectivity index (χ1) is 21.2. The number of allylic oxidation sites excluding steroid dienone is 1. The lowest BCUT2D eigenvalue weighted by atomic mass is 9.98. The van der Waals surface area contributed by atoms with Gasteiger partial charge in [0.25, 0.3) is 0 Å². The highest BCUT2D eigenvalue weighted by atomic mass is 15.2. The lowest BCUT2D eigenvalue weighted by Crippen LogP contribution is -2.54. The van der Waals surface area contributed by atoms with Gasteiger partial charge in [0.15, 0.2) is 0 Å². The van der Waals surface area contributed by atoms with E-state index >= 15 is 0 Å². The highest BCUT2D eigenvalue weighted by Gasteiger charge is 2.28. The third-order valence-electron chi connectivity index (χ3n) is 8.83. The number of aromatic nitrogens is 1. The van der Waals surface area contributed by atoms with Gasteiger partial charge in [-0.3, -0.25) is 0 Å². The molecule has 2 unspecified atom stereocenters. The molecule has 210 valence electrons. The number of benzene rings is 5. The third-order valence-corrected chi connectivity index (χ3v) is 8.83. The Morgan fingerprint density at radius 1 is 0.698 bits per heavy atom. The summed E-state index contributed by atoms with van der Waals surface area (Å²) < 4.78 is 2.41. The Balaban J connectivity index is 1.23. The van der Waals surface area contributed by atoms with Crippen LogP contribution in [0.4, 0.5) is 5.69 Å². The first-order valence-electron chi connectivity index (χ1n) is 15.2. The second-order valence-electron chi connectivity index (χ2n) is 11.6. The minimum Gasteiger partial charge on any atom is -0.376 e. The van der Waals surface area contributed by atoms with E-state index < -0.39 is 0 Å². The number of hydrogen-bond donors (Lipinski definition) is 3. The van der Waals surface area contributed by atoms with Crippen LogP contribution in [-0.2, 0) is 6.42 Å². The van der Waals surface area contributed by atoms with Crippen molar-refractivity contribution in [3.05, 3.63) is 150 Å². The van der Waals surface area contributed by atoms with Crippen LogP contribution >= 0.6 is 0 Å². The minimum absolute atomic E-state index is 0.00633. The summed E-state index contributed by atoms with van der Waals surface area (Å²) in [6.07, 6.45) is 6.78. The van der Waals surface area contributed by atoms with E-state index in [1.165, 1.54) is 44.2 Å². The molecule has 0 amide bonds. The molecular weight excluding hydrogens is 524 g/mol. The van der Waals surface area contributed by atoms with Gasteiger partial charge in [-0.15, -0.1) is 0 Å². The number of anilines is 1. The zero-order chi connectivity index (χ0) is 28.8. The lowest BCUT2D eigenvalue weighted by molar-refractivity contribution is 0.492. The summed E-state index contributed by atoms with van der Waals surface area (Å²) in [6, 6.07) is 43.7. The molecule has 1 aliphatic carbocycles. The van der Waals surface area contributed by atoms with Crippen molar-refractivity contribution in [3.8, 4) is 5.69 Å². The van der Waals surface area contributed by atoms with Crippen LogP contribution in [-0.4, -0.2) is 16.8 Å². The first-order valence-corrected chi connectivity index (χ1v) is 15.2. The van der Waals surface area contributed by atoms with Gasteiger partial charge in [0, 0.05) is 28.0 Å². The Bertz CT molecular complexity index is 2010. The van der Waals surface area contributed by atoms with Crippen LogP contribution < -0.4 is 16.0 Å². The molecule has 6 aromatic rings. The molecule has 0 radical (unpaired) electrons. The molecule has 1 aliphatic heterocycles. The highest BCUT2D eigenvalue weighted by Crippen LogP contribution is 2.35. The van der Waals surface area contributed by atoms with Crippen molar-refractivity contribution in [2.75, 3.05) is 5.32 Å². The summed E-state index contributed by atoms with van der Waals surface area (Å²) in [6.45, 7) is 2.22. The number of nitrogens with zero attached hydrogens (tertiary/aromatic N) is 1. The smallest absolute Gasteiger partial charge is 0.117 e. The van der Waals surface area contributed by atoms with Crippen molar-refractivity contribution in [2.45, 2.75) is 32.0 Å². The molecule has 2 aliphatic rings. The maximum Gasteiger partial charge on any atom is 0.117 e. The molecule has 0 bridgehead atoms. The van der Waals surface area contributed by atoms with Gasteiger partial charge in [0.2, 0.25) is 0 Å². The molecule has 3 N–H and O–H groups in total. The average Bonchev–Trinajstić information content (AvgIpc) is 3.40. The molecule has 43 heavy (non-hydrogen) atoms. The summed E-state index contributed by atoms with van der Waals surface area (Å²) in [5.74, 6) is 0. The van der Waals surface area contributed by atoms with Crippen molar-refractivity contribution < 1.29 is 0 Å². The van der Waals surface area contributed by atoms with E-state index in [0.29, 0.717) is 0 Å². The van der Waals surface area contributed by atoms with Crippen LogP contribution in [0.25, 0.3) is 44.8 Å². The monoisotopic (exact) mass is 558 g/mol. The molecule has 0 fully saturated rings. The van der Waals surface area contributed by atoms with Gasteiger partial charge in [0.05, 0.1) is 23.0 Å². The second kappa shape index (κ2) is 10.6. The number of aryl methyl sites for hydroxylation is 1. The zero-order valence-corrected chi connectivity index (χ0v) is 24.2. The van der Waals surface area contributed by atoms with Gasteiger partial charge in [0.1, 0.15) is 6.17 Å². The molecule has 1 aromatic heterocycles. The van der Waals surface area contributed by atoms with E-state index in [-0.39, 0.29) is 12.2 Å². The Morgan fingerprint density at radius 2 is 1.42 bits per heavy atom. The van der Waals surface area contributed by atoms with Crippen LogP contribution in [0.5, 0.6) is 0 Å². The summed E-state index contributed by atoms with van der Waals surface area (Å²) in [5, 5.41) is 15.3. The molecule has 0 spiro atoms. The van der Waals surface area contributed by atoms with Crippen molar-refractivity contribution >= 4 is 44.8 Å². The SMILES string of the molecule is CC1NC(c2ccc3ccccc3c2)=C(c2ccc(-n3c4c(c5ccccc53)CCC=C4)cc2)NC1Nc1ccccc1. The van der Waals surface area contributed by atoms with Gasteiger partial charge < -0.3 is 20.5 Å². The topological polar surface area (TPSA) is 41.0 Å². The van der Waals surface area contributed by atoms with Crippen LogP contribution in [0, 0.1) is 0 Å². The van der Waals surface area contributed by atoms with Gasteiger partial charge in [-0.25, -0.2) is 0 Å². The summed E-state index contributed by atoms with van der Waals surface area (Å²) in [7, 11) is 0. The zero-order valence-electron chi connectivity index (χ0n) is 24.2. The van der Waals surface area contributed by atoms with Crippen LogP contribution in [0.15, 0.2) is 127 Å². The number of para-hydroxylation sites is 2. The molecule has 4 nitrogen and oxygen atoms in total. The van der Waals surface area contributed by atoms with E-state index in [4.69, 9.17) is 0 Å².